The van der Waals surface area contributed by atoms with E-state index < -0.39 is 0 Å². The van der Waals surface area contributed by atoms with Crippen LogP contribution in [0.3, 0.4) is 0 Å². The van der Waals surface area contributed by atoms with E-state index in [1.807, 2.05) is 12.1 Å². The third-order valence-electron chi connectivity index (χ3n) is 2.67. The molecule has 0 amide bonds. The molecule has 15 heavy (non-hydrogen) atoms. The quantitative estimate of drug-likeness (QED) is 0.750. The van der Waals surface area contributed by atoms with Gasteiger partial charge in [-0.2, -0.15) is 0 Å². The summed E-state index contributed by atoms with van der Waals surface area (Å²) in [5, 5.41) is 0. The number of hydrogen-bond donors (Lipinski definition) is 1. The lowest BCUT2D eigenvalue weighted by Crippen LogP contribution is -2.25. The van der Waals surface area contributed by atoms with Crippen molar-refractivity contribution < 1.29 is 0 Å². The molecule has 0 aliphatic rings. The molecular formula is C12H19ClN2. The molecule has 0 aliphatic heterocycles. The Morgan fingerprint density at radius 2 is 1.73 bits per heavy atom. The van der Waals surface area contributed by atoms with Crippen LogP contribution in [0.5, 0.6) is 0 Å². The molecule has 0 saturated carbocycles. The van der Waals surface area contributed by atoms with Crippen LogP contribution in [0.25, 0.3) is 0 Å². The summed E-state index contributed by atoms with van der Waals surface area (Å²) in [5.74, 6) is 0. The van der Waals surface area contributed by atoms with Gasteiger partial charge in [0.15, 0.2) is 0 Å². The van der Waals surface area contributed by atoms with Crippen molar-refractivity contribution in [1.29, 1.82) is 0 Å². The highest BCUT2D eigenvalue weighted by molar-refractivity contribution is 6.23. The highest BCUT2D eigenvalue weighted by atomic mass is 35.5. The first kappa shape index (κ1) is 12.3. The molecule has 1 N–H and O–H groups in total. The van der Waals surface area contributed by atoms with Gasteiger partial charge in [-0.15, -0.1) is 0 Å². The fraction of sp³-hybridized carbons (Fsp3) is 0.500. The molecule has 1 rings (SSSR count). The molecule has 0 atom stereocenters. The second-order valence-corrected chi connectivity index (χ2v) is 3.76. The zero-order valence-electron chi connectivity index (χ0n) is 9.46. The van der Waals surface area contributed by atoms with Gasteiger partial charge in [-0.25, -0.2) is 0 Å². The van der Waals surface area contributed by atoms with Crippen molar-refractivity contribution in [3.05, 3.63) is 29.8 Å². The van der Waals surface area contributed by atoms with Crippen LogP contribution in [0.4, 0.5) is 5.69 Å². The number of benzene rings is 1. The summed E-state index contributed by atoms with van der Waals surface area (Å²) >= 11 is 5.49. The van der Waals surface area contributed by atoms with Gasteiger partial charge >= 0.3 is 0 Å². The van der Waals surface area contributed by atoms with Crippen LogP contribution in [-0.2, 0) is 6.42 Å². The van der Waals surface area contributed by atoms with Crippen LogP contribution in [0, 0.1) is 0 Å². The van der Waals surface area contributed by atoms with Crippen molar-refractivity contribution in [3.8, 4) is 0 Å². The van der Waals surface area contributed by atoms with Crippen LogP contribution in [0.15, 0.2) is 24.3 Å². The van der Waals surface area contributed by atoms with E-state index in [1.165, 1.54) is 5.56 Å². The van der Waals surface area contributed by atoms with E-state index >= 15 is 0 Å². The fourth-order valence-electron chi connectivity index (χ4n) is 1.56. The highest BCUT2D eigenvalue weighted by Crippen LogP contribution is 2.10. The molecule has 0 aromatic heterocycles. The average Bonchev–Trinajstić information content (AvgIpc) is 2.31. The normalized spacial score (nSPS) is 10.7. The number of nitrogens with one attached hydrogen (secondary N) is 1. The lowest BCUT2D eigenvalue weighted by Gasteiger charge is -2.17. The Hall–Kier alpha value is -0.730. The number of nitrogens with zero attached hydrogens (tertiary/aromatic N) is 1. The van der Waals surface area contributed by atoms with Gasteiger partial charge in [-0.05, 0) is 37.2 Å². The van der Waals surface area contributed by atoms with Crippen LogP contribution >= 0.6 is 11.8 Å². The van der Waals surface area contributed by atoms with Crippen molar-refractivity contribution >= 4 is 17.5 Å². The molecule has 0 radical (unpaired) electrons. The molecule has 3 heteroatoms. The van der Waals surface area contributed by atoms with E-state index in [0.717, 1.165) is 31.7 Å². The van der Waals surface area contributed by atoms with Gasteiger partial charge in [0.2, 0.25) is 0 Å². The van der Waals surface area contributed by atoms with E-state index in [-0.39, 0.29) is 0 Å². The third-order valence-corrected chi connectivity index (χ3v) is 2.89. The summed E-state index contributed by atoms with van der Waals surface area (Å²) in [5.41, 5.74) is 2.31. The topological polar surface area (TPSA) is 15.3 Å². The lowest BCUT2D eigenvalue weighted by molar-refractivity contribution is 0.308. The van der Waals surface area contributed by atoms with E-state index in [9.17, 15) is 0 Å². The molecule has 0 unspecified atom stereocenters. The molecule has 0 bridgehead atoms. The first-order chi connectivity index (χ1) is 7.30. The second kappa shape index (κ2) is 6.70. The van der Waals surface area contributed by atoms with Crippen molar-refractivity contribution in [1.82, 2.24) is 4.90 Å². The number of likely N-dealkylation sites (N-methyl/N-ethyl adjacent to an activating group) is 1. The van der Waals surface area contributed by atoms with Crippen molar-refractivity contribution in [3.63, 3.8) is 0 Å². The molecule has 2 nitrogen and oxygen atoms in total. The third kappa shape index (κ3) is 4.10. The average molecular weight is 227 g/mol. The number of rotatable bonds is 6. The minimum Gasteiger partial charge on any atom is -0.304 e. The van der Waals surface area contributed by atoms with Crippen LogP contribution < -0.4 is 4.84 Å². The van der Waals surface area contributed by atoms with Gasteiger partial charge in [0.05, 0.1) is 0 Å². The Labute approximate surface area is 97.3 Å². The van der Waals surface area contributed by atoms with Gasteiger partial charge in [0, 0.05) is 24.0 Å². The summed E-state index contributed by atoms with van der Waals surface area (Å²) in [7, 11) is 0. The summed E-state index contributed by atoms with van der Waals surface area (Å²) < 4.78 is 0. The SMILES string of the molecule is CCN(CC)CCc1ccc(NCl)cc1. The zero-order chi connectivity index (χ0) is 11.1. The van der Waals surface area contributed by atoms with Crippen molar-refractivity contribution in [2.24, 2.45) is 0 Å². The van der Waals surface area contributed by atoms with Gasteiger partial charge in [0.1, 0.15) is 0 Å². The summed E-state index contributed by atoms with van der Waals surface area (Å²) in [6, 6.07) is 8.25. The Morgan fingerprint density at radius 1 is 1.13 bits per heavy atom. The predicted octanol–water partition coefficient (Wildman–Crippen LogP) is 3.14. The molecule has 84 valence electrons. The monoisotopic (exact) mass is 226 g/mol. The Bertz CT molecular complexity index is 267. The van der Waals surface area contributed by atoms with E-state index in [2.05, 4.69) is 35.7 Å². The Morgan fingerprint density at radius 3 is 2.20 bits per heavy atom. The molecular weight excluding hydrogens is 208 g/mol. The summed E-state index contributed by atoms with van der Waals surface area (Å²) in [4.78, 5) is 5.03. The van der Waals surface area contributed by atoms with Gasteiger partial charge in [-0.3, -0.25) is 4.84 Å². The number of hydrogen-bond acceptors (Lipinski definition) is 2. The maximum atomic E-state index is 5.49. The molecule has 0 aliphatic carbocycles. The smallest absolute Gasteiger partial charge is 0.0491 e. The molecule has 1 aromatic rings. The minimum absolute atomic E-state index is 0.947. The van der Waals surface area contributed by atoms with Gasteiger partial charge in [-0.1, -0.05) is 26.0 Å². The maximum Gasteiger partial charge on any atom is 0.0491 e. The second-order valence-electron chi connectivity index (χ2n) is 3.57. The van der Waals surface area contributed by atoms with Gasteiger partial charge < -0.3 is 4.90 Å². The zero-order valence-corrected chi connectivity index (χ0v) is 10.2. The maximum absolute atomic E-state index is 5.49. The molecule has 0 spiro atoms. The molecule has 0 fully saturated rings. The Balaban J connectivity index is 2.43. The lowest BCUT2D eigenvalue weighted by atomic mass is 10.1. The van der Waals surface area contributed by atoms with Crippen molar-refractivity contribution in [2.45, 2.75) is 20.3 Å². The molecule has 0 heterocycles. The standard InChI is InChI=1S/C12H19ClN2/c1-3-15(4-2)10-9-11-5-7-12(14-13)8-6-11/h5-8,14H,3-4,9-10H2,1-2H3. The molecule has 0 saturated heterocycles. The number of halogens is 1. The molecule has 1 aromatic carbocycles. The Kier molecular flexibility index (Phi) is 5.51. The summed E-state index contributed by atoms with van der Waals surface area (Å²) in [6.07, 6.45) is 1.10. The predicted molar refractivity (Wildman–Crippen MR) is 67.4 cm³/mol. The first-order valence-electron chi connectivity index (χ1n) is 5.48. The van der Waals surface area contributed by atoms with E-state index in [0.29, 0.717) is 0 Å². The largest absolute Gasteiger partial charge is 0.304 e. The minimum atomic E-state index is 0.947. The van der Waals surface area contributed by atoms with E-state index in [4.69, 9.17) is 11.8 Å². The van der Waals surface area contributed by atoms with Crippen LogP contribution in [0.2, 0.25) is 0 Å². The van der Waals surface area contributed by atoms with Crippen LogP contribution in [-0.4, -0.2) is 24.5 Å². The highest BCUT2D eigenvalue weighted by Gasteiger charge is 1.99. The van der Waals surface area contributed by atoms with Crippen molar-refractivity contribution in [2.75, 3.05) is 24.5 Å². The first-order valence-corrected chi connectivity index (χ1v) is 5.85. The fourth-order valence-corrected chi connectivity index (χ4v) is 1.69. The number of anilines is 1. The van der Waals surface area contributed by atoms with E-state index in [1.54, 1.807) is 0 Å². The summed E-state index contributed by atoms with van der Waals surface area (Å²) in [6.45, 7) is 7.77. The van der Waals surface area contributed by atoms with Crippen LogP contribution in [0.1, 0.15) is 19.4 Å². The van der Waals surface area contributed by atoms with Gasteiger partial charge in [0.25, 0.3) is 0 Å².